The third kappa shape index (κ3) is 4.45. The van der Waals surface area contributed by atoms with Crippen LogP contribution in [0.4, 0.5) is 0 Å². The highest BCUT2D eigenvalue weighted by Crippen LogP contribution is 2.09. The van der Waals surface area contributed by atoms with E-state index in [2.05, 4.69) is 43.5 Å². The minimum atomic E-state index is 0.455. The Morgan fingerprint density at radius 1 is 1.20 bits per heavy atom. The second-order valence-corrected chi connectivity index (χ2v) is 4.18. The van der Waals surface area contributed by atoms with Crippen LogP contribution in [0.2, 0.25) is 0 Å². The Balaban J connectivity index is 2.38. The first-order valence-corrected chi connectivity index (χ1v) is 5.78. The lowest BCUT2D eigenvalue weighted by Gasteiger charge is -2.14. The first-order chi connectivity index (χ1) is 7.26. The minimum Gasteiger partial charge on any atom is -0.271 e. The molecule has 0 aromatic heterocycles. The fourth-order valence-electron chi connectivity index (χ4n) is 1.76. The van der Waals surface area contributed by atoms with E-state index in [1.165, 1.54) is 17.5 Å². The number of rotatable bonds is 6. The van der Waals surface area contributed by atoms with E-state index in [1.54, 1.807) is 0 Å². The van der Waals surface area contributed by atoms with Crippen LogP contribution in [0.3, 0.4) is 0 Å². The second-order valence-electron chi connectivity index (χ2n) is 4.18. The van der Waals surface area contributed by atoms with E-state index in [0.29, 0.717) is 6.04 Å². The summed E-state index contributed by atoms with van der Waals surface area (Å²) in [5, 5.41) is 0. The maximum absolute atomic E-state index is 5.50. The molecule has 0 saturated carbocycles. The van der Waals surface area contributed by atoms with Crippen LogP contribution in [0.5, 0.6) is 0 Å². The normalized spacial score (nSPS) is 12.7. The Kier molecular flexibility index (Phi) is 5.37. The minimum absolute atomic E-state index is 0.455. The fourth-order valence-corrected chi connectivity index (χ4v) is 1.76. The molecule has 1 rings (SSSR count). The van der Waals surface area contributed by atoms with Crippen LogP contribution < -0.4 is 11.3 Å². The summed E-state index contributed by atoms with van der Waals surface area (Å²) in [6.45, 7) is 4.31. The van der Waals surface area contributed by atoms with Gasteiger partial charge in [0.25, 0.3) is 0 Å². The quantitative estimate of drug-likeness (QED) is 0.554. The van der Waals surface area contributed by atoms with Gasteiger partial charge < -0.3 is 0 Å². The summed E-state index contributed by atoms with van der Waals surface area (Å²) in [5.41, 5.74) is 5.60. The predicted octanol–water partition coefficient (Wildman–Crippen LogP) is 2.56. The summed E-state index contributed by atoms with van der Waals surface area (Å²) in [6.07, 6.45) is 4.56. The van der Waals surface area contributed by atoms with Crippen molar-refractivity contribution in [3.63, 3.8) is 0 Å². The van der Waals surface area contributed by atoms with E-state index in [1.807, 2.05) is 0 Å². The van der Waals surface area contributed by atoms with E-state index < -0.39 is 0 Å². The number of hydrogen-bond donors (Lipinski definition) is 2. The Morgan fingerprint density at radius 2 is 1.87 bits per heavy atom. The largest absolute Gasteiger partial charge is 0.271 e. The Bertz CT molecular complexity index is 266. The van der Waals surface area contributed by atoms with Crippen LogP contribution in [-0.2, 0) is 6.42 Å². The van der Waals surface area contributed by atoms with E-state index in [0.717, 1.165) is 19.3 Å². The zero-order chi connectivity index (χ0) is 11.1. The number of hydrogen-bond acceptors (Lipinski definition) is 2. The molecule has 0 saturated heterocycles. The lowest BCUT2D eigenvalue weighted by atomic mass is 10.0. The summed E-state index contributed by atoms with van der Waals surface area (Å²) in [5.74, 6) is 5.50. The first-order valence-electron chi connectivity index (χ1n) is 5.78. The number of benzene rings is 1. The Labute approximate surface area is 92.8 Å². The molecular formula is C13H22N2. The Morgan fingerprint density at radius 3 is 2.40 bits per heavy atom. The van der Waals surface area contributed by atoms with Crippen molar-refractivity contribution in [3.05, 3.63) is 35.4 Å². The third-order valence-electron chi connectivity index (χ3n) is 2.77. The SMILES string of the molecule is CCCC(CCc1ccc(C)cc1)NN. The van der Waals surface area contributed by atoms with Gasteiger partial charge in [0.2, 0.25) is 0 Å². The Hall–Kier alpha value is -0.860. The summed E-state index contributed by atoms with van der Waals surface area (Å²) in [6, 6.07) is 9.19. The van der Waals surface area contributed by atoms with Gasteiger partial charge in [-0.05, 0) is 31.7 Å². The van der Waals surface area contributed by atoms with Gasteiger partial charge in [0.05, 0.1) is 0 Å². The van der Waals surface area contributed by atoms with Crippen molar-refractivity contribution in [2.24, 2.45) is 5.84 Å². The van der Waals surface area contributed by atoms with E-state index >= 15 is 0 Å². The third-order valence-corrected chi connectivity index (χ3v) is 2.77. The molecule has 1 aromatic rings. The van der Waals surface area contributed by atoms with Crippen molar-refractivity contribution in [2.75, 3.05) is 0 Å². The number of hydrazine groups is 1. The highest BCUT2D eigenvalue weighted by molar-refractivity contribution is 5.21. The summed E-state index contributed by atoms with van der Waals surface area (Å²) in [4.78, 5) is 0. The van der Waals surface area contributed by atoms with Crippen LogP contribution in [0.1, 0.15) is 37.3 Å². The molecule has 1 atom stereocenters. The van der Waals surface area contributed by atoms with Crippen molar-refractivity contribution in [3.8, 4) is 0 Å². The number of aryl methyl sites for hydroxylation is 2. The van der Waals surface area contributed by atoms with Crippen molar-refractivity contribution < 1.29 is 0 Å². The summed E-state index contributed by atoms with van der Waals surface area (Å²) < 4.78 is 0. The smallest absolute Gasteiger partial charge is 0.0213 e. The molecule has 0 heterocycles. The first kappa shape index (κ1) is 12.2. The van der Waals surface area contributed by atoms with Crippen molar-refractivity contribution in [1.82, 2.24) is 5.43 Å². The molecule has 84 valence electrons. The van der Waals surface area contributed by atoms with E-state index in [4.69, 9.17) is 5.84 Å². The highest BCUT2D eigenvalue weighted by atomic mass is 15.2. The molecule has 15 heavy (non-hydrogen) atoms. The molecule has 0 fully saturated rings. The van der Waals surface area contributed by atoms with E-state index in [9.17, 15) is 0 Å². The van der Waals surface area contributed by atoms with Gasteiger partial charge in [-0.15, -0.1) is 0 Å². The average molecular weight is 206 g/mol. The number of nitrogens with one attached hydrogen (secondary N) is 1. The molecule has 0 spiro atoms. The fraction of sp³-hybridized carbons (Fsp3) is 0.538. The molecule has 0 aliphatic carbocycles. The summed E-state index contributed by atoms with van der Waals surface area (Å²) >= 11 is 0. The van der Waals surface area contributed by atoms with Gasteiger partial charge in [0.1, 0.15) is 0 Å². The molecule has 0 bridgehead atoms. The lowest BCUT2D eigenvalue weighted by Crippen LogP contribution is -2.35. The molecule has 0 aliphatic heterocycles. The molecule has 2 nitrogen and oxygen atoms in total. The average Bonchev–Trinajstić information content (AvgIpc) is 2.26. The molecule has 0 aliphatic rings. The van der Waals surface area contributed by atoms with Crippen LogP contribution in [0, 0.1) is 6.92 Å². The molecule has 0 radical (unpaired) electrons. The van der Waals surface area contributed by atoms with Gasteiger partial charge in [-0.2, -0.15) is 0 Å². The standard InChI is InChI=1S/C13H22N2/c1-3-4-13(15-14)10-9-12-7-5-11(2)6-8-12/h5-8,13,15H,3-4,9-10,14H2,1-2H3. The zero-order valence-corrected chi connectivity index (χ0v) is 9.79. The van der Waals surface area contributed by atoms with Crippen LogP contribution >= 0.6 is 0 Å². The maximum Gasteiger partial charge on any atom is 0.0213 e. The highest BCUT2D eigenvalue weighted by Gasteiger charge is 2.04. The molecule has 0 amide bonds. The number of nitrogens with two attached hydrogens (primary N) is 1. The van der Waals surface area contributed by atoms with Gasteiger partial charge in [-0.25, -0.2) is 0 Å². The maximum atomic E-state index is 5.50. The van der Waals surface area contributed by atoms with Gasteiger partial charge in [0.15, 0.2) is 0 Å². The molecule has 1 aromatic carbocycles. The van der Waals surface area contributed by atoms with Crippen LogP contribution in [-0.4, -0.2) is 6.04 Å². The second kappa shape index (κ2) is 6.59. The van der Waals surface area contributed by atoms with Crippen molar-refractivity contribution in [1.29, 1.82) is 0 Å². The monoisotopic (exact) mass is 206 g/mol. The molecule has 2 heteroatoms. The predicted molar refractivity (Wildman–Crippen MR) is 65.5 cm³/mol. The van der Waals surface area contributed by atoms with Crippen molar-refractivity contribution >= 4 is 0 Å². The van der Waals surface area contributed by atoms with Gasteiger partial charge in [-0.3, -0.25) is 11.3 Å². The lowest BCUT2D eigenvalue weighted by molar-refractivity contribution is 0.459. The summed E-state index contributed by atoms with van der Waals surface area (Å²) in [7, 11) is 0. The topological polar surface area (TPSA) is 38.0 Å². The van der Waals surface area contributed by atoms with Crippen molar-refractivity contribution in [2.45, 2.75) is 45.6 Å². The van der Waals surface area contributed by atoms with Crippen LogP contribution in [0.25, 0.3) is 0 Å². The van der Waals surface area contributed by atoms with E-state index in [-0.39, 0.29) is 0 Å². The van der Waals surface area contributed by atoms with Gasteiger partial charge in [0, 0.05) is 6.04 Å². The molecular weight excluding hydrogens is 184 g/mol. The van der Waals surface area contributed by atoms with Gasteiger partial charge in [-0.1, -0.05) is 43.2 Å². The molecule has 3 N–H and O–H groups in total. The molecule has 1 unspecified atom stereocenters. The zero-order valence-electron chi connectivity index (χ0n) is 9.79. The van der Waals surface area contributed by atoms with Gasteiger partial charge >= 0.3 is 0 Å². The van der Waals surface area contributed by atoms with Crippen LogP contribution in [0.15, 0.2) is 24.3 Å².